The number of nitrogens with one attached hydrogen (secondary N) is 4. The molecule has 6 N–H and O–H groups in total. The van der Waals surface area contributed by atoms with E-state index in [0.29, 0.717) is 38.3 Å². The molecule has 0 aliphatic rings. The van der Waals surface area contributed by atoms with Crippen molar-refractivity contribution in [2.75, 3.05) is 18.5 Å². The van der Waals surface area contributed by atoms with Crippen molar-refractivity contribution in [1.29, 1.82) is 5.41 Å². The smallest absolute Gasteiger partial charge is 0.271 e. The summed E-state index contributed by atoms with van der Waals surface area (Å²) in [6.45, 7) is 7.84. The van der Waals surface area contributed by atoms with Crippen LogP contribution in [0.25, 0.3) is 0 Å². The summed E-state index contributed by atoms with van der Waals surface area (Å²) in [6, 6.07) is 12.6. The van der Waals surface area contributed by atoms with Gasteiger partial charge in [-0.2, -0.15) is 0 Å². The zero-order chi connectivity index (χ0) is 28.2. The molecule has 2 amide bonds. The first-order valence-corrected chi connectivity index (χ1v) is 13.3. The minimum absolute atomic E-state index is 0.0704. The van der Waals surface area contributed by atoms with E-state index in [4.69, 9.17) is 20.6 Å². The predicted octanol–water partition coefficient (Wildman–Crippen LogP) is 4.04. The molecule has 0 saturated carbocycles. The van der Waals surface area contributed by atoms with Crippen LogP contribution in [0.2, 0.25) is 0 Å². The van der Waals surface area contributed by atoms with E-state index in [0.717, 1.165) is 5.56 Å². The fraction of sp³-hybridized carbons (Fsp3) is 0.143. The van der Waals surface area contributed by atoms with Crippen LogP contribution >= 0.6 is 22.6 Å². The van der Waals surface area contributed by atoms with E-state index in [2.05, 4.69) is 56.9 Å². The number of aromatic nitrogens is 1. The van der Waals surface area contributed by atoms with E-state index in [-0.39, 0.29) is 19.0 Å². The monoisotopic (exact) mass is 640 g/mol. The normalized spacial score (nSPS) is 11.0. The highest BCUT2D eigenvalue weighted by atomic mass is 127. The largest absolute Gasteiger partial charge is 0.486 e. The SMILES string of the molecule is C=CCOc1ccc(C(Nc2ccc(C(=N)N)cc2)C(=O)NNC(=O)c2cnccc2CI)cc1OCC=C. The Morgan fingerprint density at radius 2 is 1.72 bits per heavy atom. The van der Waals surface area contributed by atoms with Crippen molar-refractivity contribution in [3.63, 3.8) is 0 Å². The molecule has 0 fully saturated rings. The van der Waals surface area contributed by atoms with Gasteiger partial charge in [0.25, 0.3) is 11.8 Å². The number of alkyl halides is 1. The highest BCUT2D eigenvalue weighted by molar-refractivity contribution is 14.1. The lowest BCUT2D eigenvalue weighted by molar-refractivity contribution is -0.122. The third kappa shape index (κ3) is 8.04. The number of hydrogen-bond donors (Lipinski definition) is 5. The molecular weight excluding hydrogens is 611 g/mol. The third-order valence-corrected chi connectivity index (χ3v) is 6.20. The molecule has 10 nitrogen and oxygen atoms in total. The minimum Gasteiger partial charge on any atom is -0.486 e. The Morgan fingerprint density at radius 1 is 1.03 bits per heavy atom. The summed E-state index contributed by atoms with van der Waals surface area (Å²) in [4.78, 5) is 30.2. The lowest BCUT2D eigenvalue weighted by atomic mass is 10.0. The van der Waals surface area contributed by atoms with Crippen molar-refractivity contribution >= 4 is 45.9 Å². The number of ether oxygens (including phenoxy) is 2. The first kappa shape index (κ1) is 29.2. The van der Waals surface area contributed by atoms with Gasteiger partial charge in [0, 0.05) is 28.1 Å². The summed E-state index contributed by atoms with van der Waals surface area (Å²) in [5, 5.41) is 10.8. The van der Waals surface area contributed by atoms with E-state index in [9.17, 15) is 9.59 Å². The highest BCUT2D eigenvalue weighted by Gasteiger charge is 2.24. The predicted molar refractivity (Wildman–Crippen MR) is 159 cm³/mol. The summed E-state index contributed by atoms with van der Waals surface area (Å²) in [6.07, 6.45) is 6.27. The molecule has 2 aromatic carbocycles. The molecule has 0 aliphatic heterocycles. The van der Waals surface area contributed by atoms with Crippen LogP contribution in [-0.4, -0.2) is 35.8 Å². The van der Waals surface area contributed by atoms with Gasteiger partial charge in [-0.3, -0.25) is 30.8 Å². The van der Waals surface area contributed by atoms with Crippen LogP contribution in [0.4, 0.5) is 5.69 Å². The first-order chi connectivity index (χ1) is 18.9. The van der Waals surface area contributed by atoms with Crippen LogP contribution in [0.1, 0.15) is 33.1 Å². The Balaban J connectivity index is 1.90. The molecule has 202 valence electrons. The van der Waals surface area contributed by atoms with E-state index in [1.807, 2.05) is 0 Å². The second-order valence-electron chi connectivity index (χ2n) is 8.08. The molecular formula is C28H29IN6O4. The number of carbonyl (C=O) groups is 2. The van der Waals surface area contributed by atoms with Gasteiger partial charge in [-0.25, -0.2) is 0 Å². The number of nitrogen functional groups attached to an aromatic ring is 1. The molecule has 1 unspecified atom stereocenters. The number of pyridine rings is 1. The van der Waals surface area contributed by atoms with Crippen LogP contribution in [0.15, 0.2) is 86.2 Å². The summed E-state index contributed by atoms with van der Waals surface area (Å²) in [5.41, 5.74) is 13.4. The second kappa shape index (κ2) is 14.5. The van der Waals surface area contributed by atoms with Crippen molar-refractivity contribution in [3.8, 4) is 11.5 Å². The summed E-state index contributed by atoms with van der Waals surface area (Å²) in [7, 11) is 0. The highest BCUT2D eigenvalue weighted by Crippen LogP contribution is 2.32. The quantitative estimate of drug-likeness (QED) is 0.0473. The molecule has 0 aliphatic carbocycles. The molecule has 3 rings (SSSR count). The Labute approximate surface area is 240 Å². The van der Waals surface area contributed by atoms with Crippen LogP contribution in [0.5, 0.6) is 11.5 Å². The number of nitrogens with zero attached hydrogens (tertiary/aromatic N) is 1. The zero-order valence-electron chi connectivity index (χ0n) is 21.1. The molecule has 0 radical (unpaired) electrons. The number of amides is 2. The van der Waals surface area contributed by atoms with Gasteiger partial charge in [0.15, 0.2) is 11.5 Å². The Morgan fingerprint density at radius 3 is 2.36 bits per heavy atom. The number of benzene rings is 2. The number of nitrogens with two attached hydrogens (primary N) is 1. The van der Waals surface area contributed by atoms with E-state index >= 15 is 0 Å². The fourth-order valence-electron chi connectivity index (χ4n) is 3.45. The van der Waals surface area contributed by atoms with E-state index < -0.39 is 17.9 Å². The number of amidine groups is 1. The maximum atomic E-state index is 13.4. The molecule has 11 heteroatoms. The molecule has 39 heavy (non-hydrogen) atoms. The van der Waals surface area contributed by atoms with Gasteiger partial charge >= 0.3 is 0 Å². The van der Waals surface area contributed by atoms with Gasteiger partial charge in [-0.05, 0) is 53.6 Å². The molecule has 0 spiro atoms. The van der Waals surface area contributed by atoms with Gasteiger partial charge in [0.2, 0.25) is 0 Å². The topological polar surface area (TPSA) is 151 Å². The Hall–Kier alpha value is -4.39. The molecule has 1 atom stereocenters. The molecule has 3 aromatic rings. The van der Waals surface area contributed by atoms with Crippen LogP contribution in [0, 0.1) is 5.41 Å². The van der Waals surface area contributed by atoms with Crippen molar-refractivity contribution in [2.24, 2.45) is 5.73 Å². The van der Waals surface area contributed by atoms with Gasteiger partial charge < -0.3 is 20.5 Å². The van der Waals surface area contributed by atoms with Crippen LogP contribution in [0.3, 0.4) is 0 Å². The van der Waals surface area contributed by atoms with Crippen molar-refractivity contribution in [1.82, 2.24) is 15.8 Å². The number of hydrazine groups is 1. The Kier molecular flexibility index (Phi) is 10.9. The molecule has 0 saturated heterocycles. The molecule has 1 heterocycles. The number of halogens is 1. The average Bonchev–Trinajstić information content (AvgIpc) is 2.96. The Bertz CT molecular complexity index is 1350. The van der Waals surface area contributed by atoms with Crippen molar-refractivity contribution in [3.05, 3.63) is 108 Å². The average molecular weight is 640 g/mol. The van der Waals surface area contributed by atoms with E-state index in [1.54, 1.807) is 66.9 Å². The van der Waals surface area contributed by atoms with Crippen LogP contribution in [-0.2, 0) is 9.22 Å². The van der Waals surface area contributed by atoms with Gasteiger partial charge in [0.1, 0.15) is 25.1 Å². The van der Waals surface area contributed by atoms with Gasteiger partial charge in [-0.1, -0.05) is 54.0 Å². The lowest BCUT2D eigenvalue weighted by Crippen LogP contribution is -2.45. The summed E-state index contributed by atoms with van der Waals surface area (Å²) in [5.74, 6) is -0.211. The second-order valence-corrected chi connectivity index (χ2v) is 8.85. The fourth-order valence-corrected chi connectivity index (χ4v) is 4.11. The number of anilines is 1. The van der Waals surface area contributed by atoms with Crippen molar-refractivity contribution < 1.29 is 19.1 Å². The lowest BCUT2D eigenvalue weighted by Gasteiger charge is -2.22. The minimum atomic E-state index is -0.953. The molecule has 1 aromatic heterocycles. The summed E-state index contributed by atoms with van der Waals surface area (Å²) < 4.78 is 12.1. The van der Waals surface area contributed by atoms with Crippen molar-refractivity contribution in [2.45, 2.75) is 10.5 Å². The van der Waals surface area contributed by atoms with Gasteiger partial charge in [0.05, 0.1) is 5.56 Å². The summed E-state index contributed by atoms with van der Waals surface area (Å²) >= 11 is 2.15. The first-order valence-electron chi connectivity index (χ1n) is 11.8. The zero-order valence-corrected chi connectivity index (χ0v) is 23.2. The van der Waals surface area contributed by atoms with E-state index in [1.165, 1.54) is 6.20 Å². The van der Waals surface area contributed by atoms with Gasteiger partial charge in [-0.15, -0.1) is 0 Å². The number of carbonyl (C=O) groups excluding carboxylic acids is 2. The number of rotatable bonds is 13. The third-order valence-electron chi connectivity index (χ3n) is 5.38. The maximum absolute atomic E-state index is 13.4. The van der Waals surface area contributed by atoms with Crippen LogP contribution < -0.4 is 31.4 Å². The standard InChI is InChI=1S/C28H29IN6O4/c1-3-13-38-23-10-7-19(15-24(23)39-14-4-2)25(33-21-8-5-18(6-9-21)26(30)31)28(37)35-34-27(36)22-17-32-12-11-20(22)16-29/h3-12,15,17,25,33H,1-2,13-14,16H2,(H3,30,31)(H,34,36)(H,35,37). The maximum Gasteiger partial charge on any atom is 0.271 e. The molecule has 0 bridgehead atoms. The number of hydrogen-bond acceptors (Lipinski definition) is 7.